The first-order valence-electron chi connectivity index (χ1n) is 6.08. The third-order valence-corrected chi connectivity index (χ3v) is 4.00. The molecule has 3 atom stereocenters. The van der Waals surface area contributed by atoms with Crippen molar-refractivity contribution in [2.75, 3.05) is 6.61 Å². The number of aliphatic hydroxyl groups is 2. The zero-order valence-electron chi connectivity index (χ0n) is 10.9. The first kappa shape index (κ1) is 16.7. The molecule has 112 valence electrons. The topological polar surface area (TPSA) is 127 Å². The molecule has 0 aromatic carbocycles. The van der Waals surface area contributed by atoms with E-state index in [0.29, 0.717) is 17.7 Å². The van der Waals surface area contributed by atoms with Crippen LogP contribution in [0.3, 0.4) is 0 Å². The summed E-state index contributed by atoms with van der Waals surface area (Å²) < 4.78 is 0. The lowest BCUT2D eigenvalue weighted by molar-refractivity contribution is -0.145. The summed E-state index contributed by atoms with van der Waals surface area (Å²) >= 11 is 1.02. The smallest absolute Gasteiger partial charge is 0.355 e. The SMILES string of the molecule is C[C@@H](O)[C@@H](C(=O)O)C1N=C(C(=O)O)/C(=C/CCCO)S1. The molecule has 0 amide bonds. The number of rotatable bonds is 7. The van der Waals surface area contributed by atoms with Gasteiger partial charge in [-0.15, -0.1) is 0 Å². The van der Waals surface area contributed by atoms with E-state index in [1.165, 1.54) is 6.92 Å². The Morgan fingerprint density at radius 3 is 2.55 bits per heavy atom. The number of aliphatic imine (C=N–C) groups is 1. The molecule has 0 aromatic rings. The van der Waals surface area contributed by atoms with Gasteiger partial charge in [-0.2, -0.15) is 0 Å². The lowest BCUT2D eigenvalue weighted by atomic mass is 10.0. The minimum absolute atomic E-state index is 0.0111. The van der Waals surface area contributed by atoms with Gasteiger partial charge >= 0.3 is 11.9 Å². The van der Waals surface area contributed by atoms with Crippen molar-refractivity contribution in [2.24, 2.45) is 10.9 Å². The Labute approximate surface area is 120 Å². The maximum Gasteiger partial charge on any atom is 0.355 e. The predicted molar refractivity (Wildman–Crippen MR) is 73.7 cm³/mol. The molecule has 20 heavy (non-hydrogen) atoms. The molecular weight excluding hydrogens is 286 g/mol. The van der Waals surface area contributed by atoms with Gasteiger partial charge in [-0.05, 0) is 19.8 Å². The summed E-state index contributed by atoms with van der Waals surface area (Å²) in [5, 5.41) is 35.5. The summed E-state index contributed by atoms with van der Waals surface area (Å²) in [7, 11) is 0. The van der Waals surface area contributed by atoms with Crippen molar-refractivity contribution in [1.82, 2.24) is 0 Å². The molecule has 0 saturated heterocycles. The van der Waals surface area contributed by atoms with Gasteiger partial charge in [0.2, 0.25) is 0 Å². The molecule has 0 saturated carbocycles. The van der Waals surface area contributed by atoms with Crippen molar-refractivity contribution in [2.45, 2.75) is 31.2 Å². The molecule has 1 rings (SSSR count). The van der Waals surface area contributed by atoms with Gasteiger partial charge in [0, 0.05) is 11.5 Å². The molecule has 0 aromatic heterocycles. The number of aliphatic hydroxyl groups excluding tert-OH is 2. The largest absolute Gasteiger partial charge is 0.481 e. The Morgan fingerprint density at radius 1 is 1.45 bits per heavy atom. The molecule has 4 N–H and O–H groups in total. The lowest BCUT2D eigenvalue weighted by Crippen LogP contribution is -2.33. The van der Waals surface area contributed by atoms with Crippen molar-refractivity contribution in [3.05, 3.63) is 11.0 Å². The first-order valence-corrected chi connectivity index (χ1v) is 6.96. The van der Waals surface area contributed by atoms with E-state index in [9.17, 15) is 14.7 Å². The Kier molecular flexibility index (Phi) is 6.18. The number of allylic oxidation sites excluding steroid dienone is 1. The predicted octanol–water partition coefficient (Wildman–Crippen LogP) is 0.323. The summed E-state index contributed by atoms with van der Waals surface area (Å²) in [6.45, 7) is 1.33. The minimum atomic E-state index is -1.23. The maximum absolute atomic E-state index is 11.1. The monoisotopic (exact) mass is 303 g/mol. The second kappa shape index (κ2) is 7.41. The second-order valence-electron chi connectivity index (χ2n) is 4.33. The summed E-state index contributed by atoms with van der Waals surface area (Å²) in [5.74, 6) is -3.62. The van der Waals surface area contributed by atoms with Crippen LogP contribution in [0.5, 0.6) is 0 Å². The second-order valence-corrected chi connectivity index (χ2v) is 5.49. The number of nitrogens with zero attached hydrogens (tertiary/aromatic N) is 1. The fourth-order valence-corrected chi connectivity index (χ4v) is 3.13. The van der Waals surface area contributed by atoms with Crippen LogP contribution >= 0.6 is 11.8 Å². The van der Waals surface area contributed by atoms with Gasteiger partial charge < -0.3 is 20.4 Å². The number of carboxylic acids is 2. The summed E-state index contributed by atoms with van der Waals surface area (Å²) in [6.07, 6.45) is 1.44. The van der Waals surface area contributed by atoms with E-state index in [1.807, 2.05) is 0 Å². The molecule has 0 aliphatic carbocycles. The van der Waals surface area contributed by atoms with E-state index in [-0.39, 0.29) is 12.3 Å². The first-order chi connectivity index (χ1) is 9.38. The number of aliphatic carboxylic acids is 2. The van der Waals surface area contributed by atoms with Crippen LogP contribution in [-0.2, 0) is 9.59 Å². The van der Waals surface area contributed by atoms with E-state index >= 15 is 0 Å². The fraction of sp³-hybridized carbons (Fsp3) is 0.583. The zero-order chi connectivity index (χ0) is 15.3. The highest BCUT2D eigenvalue weighted by Crippen LogP contribution is 2.37. The molecule has 0 spiro atoms. The van der Waals surface area contributed by atoms with Gasteiger partial charge in [-0.1, -0.05) is 17.8 Å². The average Bonchev–Trinajstić information content (AvgIpc) is 2.72. The van der Waals surface area contributed by atoms with E-state index in [1.54, 1.807) is 6.08 Å². The zero-order valence-corrected chi connectivity index (χ0v) is 11.7. The minimum Gasteiger partial charge on any atom is -0.481 e. The Morgan fingerprint density at radius 2 is 2.10 bits per heavy atom. The molecule has 1 aliphatic rings. The molecule has 7 nitrogen and oxygen atoms in total. The molecule has 0 radical (unpaired) electrons. The van der Waals surface area contributed by atoms with Crippen LogP contribution < -0.4 is 0 Å². The molecule has 1 aliphatic heterocycles. The normalized spacial score (nSPS) is 23.4. The summed E-state index contributed by atoms with van der Waals surface area (Å²) in [4.78, 5) is 26.5. The molecule has 0 fully saturated rings. The van der Waals surface area contributed by atoms with Gasteiger partial charge in [0.05, 0.1) is 6.10 Å². The quantitative estimate of drug-likeness (QED) is 0.499. The van der Waals surface area contributed by atoms with Crippen molar-refractivity contribution in [3.63, 3.8) is 0 Å². The van der Waals surface area contributed by atoms with E-state index in [4.69, 9.17) is 15.3 Å². The number of hydrogen-bond acceptors (Lipinski definition) is 6. The molecular formula is C12H17NO6S. The van der Waals surface area contributed by atoms with Gasteiger partial charge in [0.25, 0.3) is 0 Å². The maximum atomic E-state index is 11.1. The van der Waals surface area contributed by atoms with Gasteiger partial charge in [-0.25, -0.2) is 4.79 Å². The van der Waals surface area contributed by atoms with Crippen LogP contribution in [0.25, 0.3) is 0 Å². The van der Waals surface area contributed by atoms with Crippen LogP contribution in [0.2, 0.25) is 0 Å². The van der Waals surface area contributed by atoms with Crippen LogP contribution in [0.15, 0.2) is 16.0 Å². The fourth-order valence-electron chi connectivity index (χ4n) is 1.75. The number of carboxylic acid groups (broad SMARTS) is 2. The van der Waals surface area contributed by atoms with Crippen LogP contribution in [0.4, 0.5) is 0 Å². The van der Waals surface area contributed by atoms with E-state index in [0.717, 1.165) is 11.8 Å². The van der Waals surface area contributed by atoms with Crippen molar-refractivity contribution in [1.29, 1.82) is 0 Å². The number of hydrogen-bond donors (Lipinski definition) is 4. The highest BCUT2D eigenvalue weighted by Gasteiger charge is 2.39. The standard InChI is InChI=1S/C12H17NO6S/c1-6(15)8(11(16)17)10-13-9(12(18)19)7(20-10)4-2-3-5-14/h4,6,8,10,14-15H,2-3,5H2,1H3,(H,16,17)(H,18,19)/b7-4-/t6-,8-,10?/m1/s1. The lowest BCUT2D eigenvalue weighted by Gasteiger charge is -2.18. The average molecular weight is 303 g/mol. The van der Waals surface area contributed by atoms with Gasteiger partial charge in [0.1, 0.15) is 11.3 Å². The van der Waals surface area contributed by atoms with Gasteiger partial charge in [-0.3, -0.25) is 9.79 Å². The third-order valence-electron chi connectivity index (χ3n) is 2.74. The van der Waals surface area contributed by atoms with E-state index < -0.39 is 29.3 Å². The number of unbranched alkanes of at least 4 members (excludes halogenated alkanes) is 1. The highest BCUT2D eigenvalue weighted by molar-refractivity contribution is 8.05. The molecule has 0 bridgehead atoms. The highest BCUT2D eigenvalue weighted by atomic mass is 32.2. The molecule has 8 heteroatoms. The molecule has 1 heterocycles. The van der Waals surface area contributed by atoms with Crippen molar-refractivity contribution in [3.8, 4) is 0 Å². The number of carbonyl (C=O) groups is 2. The summed E-state index contributed by atoms with van der Waals surface area (Å²) in [5.41, 5.74) is -0.190. The van der Waals surface area contributed by atoms with Crippen LogP contribution in [0.1, 0.15) is 19.8 Å². The van der Waals surface area contributed by atoms with Gasteiger partial charge in [0.15, 0.2) is 5.71 Å². The Bertz CT molecular complexity index is 445. The van der Waals surface area contributed by atoms with Crippen molar-refractivity contribution >= 4 is 29.4 Å². The van der Waals surface area contributed by atoms with Crippen LogP contribution in [-0.4, -0.2) is 56.2 Å². The Hall–Kier alpha value is -1.38. The van der Waals surface area contributed by atoms with Crippen LogP contribution in [0, 0.1) is 5.92 Å². The third kappa shape index (κ3) is 4.06. The Balaban J connectivity index is 2.96. The number of thioether (sulfide) groups is 1. The van der Waals surface area contributed by atoms with E-state index in [2.05, 4.69) is 4.99 Å². The van der Waals surface area contributed by atoms with Crippen molar-refractivity contribution < 1.29 is 30.0 Å². The molecule has 1 unspecified atom stereocenters. The summed E-state index contributed by atoms with van der Waals surface area (Å²) in [6, 6.07) is 0.